The van der Waals surface area contributed by atoms with Gasteiger partial charge in [-0.15, -0.1) is 11.3 Å². The summed E-state index contributed by atoms with van der Waals surface area (Å²) in [6, 6.07) is 0. The fraction of sp³-hybridized carbons (Fsp3) is 0.471. The molecule has 128 valence electrons. The number of carbonyl (C=O) groups excluding carboxylic acids is 3. The van der Waals surface area contributed by atoms with Crippen molar-refractivity contribution in [2.45, 2.75) is 20.3 Å². The number of ether oxygens (including phenoxy) is 1. The third kappa shape index (κ3) is 2.53. The summed E-state index contributed by atoms with van der Waals surface area (Å²) in [5.74, 6) is -3.83. The topological polar surface area (TPSA) is 95.5 Å². The minimum Gasteiger partial charge on any atom is -0.550 e. The van der Waals surface area contributed by atoms with Gasteiger partial charge in [0.1, 0.15) is 5.00 Å². The van der Waals surface area contributed by atoms with Crippen LogP contribution in [0.4, 0.5) is 5.00 Å². The van der Waals surface area contributed by atoms with Crippen molar-refractivity contribution < 1.29 is 24.2 Å². The van der Waals surface area contributed by atoms with Crippen molar-refractivity contribution in [3.05, 3.63) is 28.2 Å². The Morgan fingerprint density at radius 1 is 1.21 bits per heavy atom. The van der Waals surface area contributed by atoms with Crippen LogP contribution in [0.5, 0.6) is 0 Å². The van der Waals surface area contributed by atoms with Gasteiger partial charge in [-0.3, -0.25) is 4.79 Å². The molecule has 0 unspecified atom stereocenters. The number of allylic oxidation sites excluding steroid dienone is 2. The minimum atomic E-state index is -1.20. The Morgan fingerprint density at radius 2 is 1.83 bits per heavy atom. The molecule has 0 radical (unpaired) electrons. The predicted octanol–water partition coefficient (Wildman–Crippen LogP) is 1.28. The Balaban J connectivity index is 1.88. The molecular weight excluding hydrogens is 330 g/mol. The number of esters is 1. The van der Waals surface area contributed by atoms with E-state index in [2.05, 4.69) is 5.32 Å². The van der Waals surface area contributed by atoms with Crippen molar-refractivity contribution in [2.24, 2.45) is 23.7 Å². The number of hydrogen-bond donors (Lipinski definition) is 1. The van der Waals surface area contributed by atoms with Gasteiger partial charge in [-0.1, -0.05) is 12.2 Å². The van der Waals surface area contributed by atoms with Crippen LogP contribution in [0.1, 0.15) is 27.2 Å². The largest absolute Gasteiger partial charge is 0.550 e. The first-order valence-electron chi connectivity index (χ1n) is 7.73. The van der Waals surface area contributed by atoms with E-state index < -0.39 is 23.8 Å². The van der Waals surface area contributed by atoms with Crippen LogP contribution in [0.15, 0.2) is 12.2 Å². The van der Waals surface area contributed by atoms with Crippen molar-refractivity contribution in [3.8, 4) is 0 Å². The van der Waals surface area contributed by atoms with Gasteiger partial charge in [0.2, 0.25) is 5.91 Å². The van der Waals surface area contributed by atoms with E-state index in [1.807, 2.05) is 19.1 Å². The maximum Gasteiger partial charge on any atom is 0.341 e. The number of aryl methyl sites for hydroxylation is 1. The van der Waals surface area contributed by atoms with Gasteiger partial charge in [0.25, 0.3) is 0 Å². The number of carboxylic acids is 1. The van der Waals surface area contributed by atoms with Gasteiger partial charge in [-0.2, -0.15) is 0 Å². The summed E-state index contributed by atoms with van der Waals surface area (Å²) < 4.78 is 4.79. The number of carboxylic acid groups (broad SMARTS) is 1. The molecule has 1 amide bonds. The molecule has 0 spiro atoms. The van der Waals surface area contributed by atoms with Crippen LogP contribution in [-0.4, -0.2) is 25.0 Å². The van der Waals surface area contributed by atoms with Crippen molar-refractivity contribution in [1.29, 1.82) is 0 Å². The lowest BCUT2D eigenvalue weighted by Gasteiger charge is -2.27. The lowest BCUT2D eigenvalue weighted by molar-refractivity contribution is -0.313. The van der Waals surface area contributed by atoms with Crippen LogP contribution in [0, 0.1) is 37.5 Å². The van der Waals surface area contributed by atoms with E-state index in [1.165, 1.54) is 18.4 Å². The SMILES string of the molecule is COC(=O)c1c(NC(=O)[C@H]2[C@@H](C(=O)[O-])[C@@H]3C=C[C@@H]2C3)sc(C)c1C. The van der Waals surface area contributed by atoms with Gasteiger partial charge in [-0.05, 0) is 37.7 Å². The number of carbonyl (C=O) groups is 3. The van der Waals surface area contributed by atoms with E-state index in [0.717, 1.165) is 10.4 Å². The van der Waals surface area contributed by atoms with E-state index in [-0.39, 0.29) is 17.7 Å². The highest BCUT2D eigenvalue weighted by atomic mass is 32.1. The Hall–Kier alpha value is -2.15. The minimum absolute atomic E-state index is 0.0957. The fourth-order valence-corrected chi connectivity index (χ4v) is 4.81. The number of anilines is 1. The average molecular weight is 348 g/mol. The molecule has 2 aliphatic carbocycles. The summed E-state index contributed by atoms with van der Waals surface area (Å²) in [4.78, 5) is 37.1. The lowest BCUT2D eigenvalue weighted by atomic mass is 9.82. The first-order valence-corrected chi connectivity index (χ1v) is 8.55. The van der Waals surface area contributed by atoms with Crippen molar-refractivity contribution in [1.82, 2.24) is 0 Å². The highest BCUT2D eigenvalue weighted by molar-refractivity contribution is 7.16. The molecule has 2 aliphatic rings. The van der Waals surface area contributed by atoms with Gasteiger partial charge in [0.15, 0.2) is 0 Å². The predicted molar refractivity (Wildman–Crippen MR) is 86.5 cm³/mol. The van der Waals surface area contributed by atoms with Crippen LogP contribution in [0.3, 0.4) is 0 Å². The van der Waals surface area contributed by atoms with Crippen LogP contribution >= 0.6 is 11.3 Å². The van der Waals surface area contributed by atoms with Gasteiger partial charge in [0, 0.05) is 16.8 Å². The first-order chi connectivity index (χ1) is 11.3. The maximum atomic E-state index is 12.7. The van der Waals surface area contributed by atoms with Crippen molar-refractivity contribution in [2.75, 3.05) is 12.4 Å². The lowest BCUT2D eigenvalue weighted by Crippen LogP contribution is -2.42. The second-order valence-corrected chi connectivity index (χ2v) is 7.51. The normalized spacial score (nSPS) is 27.3. The molecule has 1 fully saturated rings. The van der Waals surface area contributed by atoms with Gasteiger partial charge in [0.05, 0.1) is 18.6 Å². The van der Waals surface area contributed by atoms with E-state index in [4.69, 9.17) is 4.74 Å². The monoisotopic (exact) mass is 348 g/mol. The molecule has 3 rings (SSSR count). The Kier molecular flexibility index (Phi) is 4.21. The highest BCUT2D eigenvalue weighted by Gasteiger charge is 2.48. The van der Waals surface area contributed by atoms with Crippen LogP contribution < -0.4 is 10.4 Å². The molecule has 0 aliphatic heterocycles. The summed E-state index contributed by atoms with van der Waals surface area (Å²) in [7, 11) is 1.28. The molecule has 0 saturated heterocycles. The number of hydrogen-bond acceptors (Lipinski definition) is 6. The molecule has 1 saturated carbocycles. The number of methoxy groups -OCH3 is 1. The van der Waals surface area contributed by atoms with Gasteiger partial charge < -0.3 is 20.0 Å². The second kappa shape index (κ2) is 6.05. The molecule has 0 aromatic carbocycles. The average Bonchev–Trinajstić information content (AvgIpc) is 3.21. The van der Waals surface area contributed by atoms with Gasteiger partial charge in [-0.25, -0.2) is 4.79 Å². The third-order valence-corrected chi connectivity index (χ3v) is 6.17. The zero-order valence-corrected chi connectivity index (χ0v) is 14.4. The molecule has 24 heavy (non-hydrogen) atoms. The number of fused-ring (bicyclic) bond motifs is 2. The number of amides is 1. The number of thiophene rings is 1. The quantitative estimate of drug-likeness (QED) is 0.653. The van der Waals surface area contributed by atoms with Crippen LogP contribution in [0.2, 0.25) is 0 Å². The van der Waals surface area contributed by atoms with E-state index in [1.54, 1.807) is 6.92 Å². The molecule has 4 atom stereocenters. The van der Waals surface area contributed by atoms with Crippen molar-refractivity contribution >= 4 is 34.2 Å². The van der Waals surface area contributed by atoms with E-state index >= 15 is 0 Å². The maximum absolute atomic E-state index is 12.7. The second-order valence-electron chi connectivity index (χ2n) is 6.29. The number of aliphatic carboxylic acids is 1. The smallest absolute Gasteiger partial charge is 0.341 e. The molecule has 6 nitrogen and oxygen atoms in total. The van der Waals surface area contributed by atoms with Crippen LogP contribution in [-0.2, 0) is 14.3 Å². The Labute approximate surface area is 143 Å². The van der Waals surface area contributed by atoms with Crippen molar-refractivity contribution in [3.63, 3.8) is 0 Å². The number of rotatable bonds is 4. The molecule has 7 heteroatoms. The van der Waals surface area contributed by atoms with Crippen LogP contribution in [0.25, 0.3) is 0 Å². The zero-order chi connectivity index (χ0) is 17.6. The fourth-order valence-electron chi connectivity index (χ4n) is 3.76. The summed E-state index contributed by atoms with van der Waals surface area (Å²) >= 11 is 1.29. The molecule has 1 aromatic heterocycles. The van der Waals surface area contributed by atoms with E-state index in [0.29, 0.717) is 17.0 Å². The molecule has 1 aromatic rings. The number of nitrogens with one attached hydrogen (secondary N) is 1. The molecule has 1 heterocycles. The summed E-state index contributed by atoms with van der Waals surface area (Å²) in [6.45, 7) is 3.64. The summed E-state index contributed by atoms with van der Waals surface area (Å²) in [6.07, 6.45) is 4.41. The summed E-state index contributed by atoms with van der Waals surface area (Å²) in [5, 5.41) is 14.6. The van der Waals surface area contributed by atoms with Gasteiger partial charge >= 0.3 is 5.97 Å². The zero-order valence-electron chi connectivity index (χ0n) is 13.6. The third-order valence-electron chi connectivity index (χ3n) is 5.05. The Bertz CT molecular complexity index is 750. The molecule has 1 N–H and O–H groups in total. The summed E-state index contributed by atoms with van der Waals surface area (Å²) in [5.41, 5.74) is 1.09. The highest BCUT2D eigenvalue weighted by Crippen LogP contribution is 2.48. The molecule has 2 bridgehead atoms. The molecular formula is C17H18NO5S-. The Morgan fingerprint density at radius 3 is 2.42 bits per heavy atom. The van der Waals surface area contributed by atoms with E-state index in [9.17, 15) is 19.5 Å². The standard InChI is InChI=1S/C17H19NO5S/c1-7-8(2)24-15(11(7)17(22)23-3)18-14(19)12-9-4-5-10(6-9)13(12)16(20)21/h4-5,9-10,12-13H,6H2,1-3H3,(H,18,19)(H,20,21)/p-1/t9-,10-,12-,13+/m1/s1. The first kappa shape index (κ1) is 16.7.